The van der Waals surface area contributed by atoms with E-state index in [1.807, 2.05) is 6.92 Å². The molecule has 6 heteroatoms. The second kappa shape index (κ2) is 5.14. The Kier molecular flexibility index (Phi) is 4.32. The lowest BCUT2D eigenvalue weighted by Gasteiger charge is -2.12. The Morgan fingerprint density at radius 3 is 2.62 bits per heavy atom. The van der Waals surface area contributed by atoms with Gasteiger partial charge in [0, 0.05) is 6.04 Å². The molecule has 0 spiro atoms. The Hall–Kier alpha value is -0.620. The molecule has 1 aromatic carbocycles. The van der Waals surface area contributed by atoms with Gasteiger partial charge in [0.25, 0.3) is 0 Å². The van der Waals surface area contributed by atoms with Gasteiger partial charge >= 0.3 is 0 Å². The molecule has 0 amide bonds. The maximum atomic E-state index is 11.8. The molecule has 0 aliphatic heterocycles. The van der Waals surface area contributed by atoms with E-state index in [0.29, 0.717) is 0 Å². The number of hydrogen-bond donors (Lipinski definition) is 2. The van der Waals surface area contributed by atoms with Crippen molar-refractivity contribution in [2.45, 2.75) is 24.8 Å². The average Bonchev–Trinajstić information content (AvgIpc) is 2.16. The average molecular weight is 264 g/mol. The molecule has 0 saturated heterocycles. The van der Waals surface area contributed by atoms with E-state index in [9.17, 15) is 8.42 Å². The first-order chi connectivity index (χ1) is 7.36. The normalized spacial score (nSPS) is 13.8. The van der Waals surface area contributed by atoms with Crippen LogP contribution in [0.1, 0.15) is 12.5 Å². The molecule has 0 fully saturated rings. The highest BCUT2D eigenvalue weighted by molar-refractivity contribution is 7.89. The van der Waals surface area contributed by atoms with Crippen LogP contribution in [0.4, 0.5) is 0 Å². The minimum atomic E-state index is -3.66. The van der Waals surface area contributed by atoms with E-state index in [1.165, 1.54) is 6.07 Å². The van der Waals surface area contributed by atoms with Crippen molar-refractivity contribution in [1.29, 1.82) is 0 Å². The number of hydrogen-bond acceptors (Lipinski definition) is 3. The maximum absolute atomic E-state index is 11.8. The van der Waals surface area contributed by atoms with E-state index in [1.54, 1.807) is 19.1 Å². The van der Waals surface area contributed by atoms with Crippen molar-refractivity contribution in [3.05, 3.63) is 28.8 Å². The minimum absolute atomic E-state index is 0.0278. The lowest BCUT2D eigenvalue weighted by atomic mass is 10.2. The Morgan fingerprint density at radius 1 is 1.50 bits per heavy atom. The topological polar surface area (TPSA) is 66.4 Å². The van der Waals surface area contributed by atoms with E-state index in [0.717, 1.165) is 5.56 Å². The summed E-state index contributed by atoms with van der Waals surface area (Å²) in [5.41, 5.74) is 0.888. The van der Waals surface area contributed by atoms with Crippen molar-refractivity contribution < 1.29 is 13.5 Å². The molecular formula is C10H14ClNO3S. The fraction of sp³-hybridized carbons (Fsp3) is 0.400. The van der Waals surface area contributed by atoms with E-state index < -0.39 is 16.1 Å². The zero-order chi connectivity index (χ0) is 12.3. The van der Waals surface area contributed by atoms with E-state index in [4.69, 9.17) is 16.7 Å². The van der Waals surface area contributed by atoms with Crippen molar-refractivity contribution >= 4 is 21.6 Å². The summed E-state index contributed by atoms with van der Waals surface area (Å²) >= 11 is 5.86. The van der Waals surface area contributed by atoms with Crippen molar-refractivity contribution in [2.75, 3.05) is 6.61 Å². The van der Waals surface area contributed by atoms with Crippen LogP contribution in [0.2, 0.25) is 5.02 Å². The second-order valence-electron chi connectivity index (χ2n) is 3.64. The van der Waals surface area contributed by atoms with Crippen LogP contribution in [0.3, 0.4) is 0 Å². The summed E-state index contributed by atoms with van der Waals surface area (Å²) in [6.07, 6.45) is 0. The fourth-order valence-electron chi connectivity index (χ4n) is 1.19. The van der Waals surface area contributed by atoms with Gasteiger partial charge in [-0.15, -0.1) is 0 Å². The Balaban J connectivity index is 3.08. The molecule has 0 heterocycles. The molecule has 16 heavy (non-hydrogen) atoms. The summed E-state index contributed by atoms with van der Waals surface area (Å²) in [6, 6.07) is 4.16. The first-order valence-corrected chi connectivity index (χ1v) is 6.62. The first kappa shape index (κ1) is 13.4. The van der Waals surface area contributed by atoms with Crippen LogP contribution in [-0.2, 0) is 10.0 Å². The summed E-state index contributed by atoms with van der Waals surface area (Å²) in [7, 11) is -3.66. The molecule has 90 valence electrons. The van der Waals surface area contributed by atoms with Gasteiger partial charge in [0.1, 0.15) is 4.90 Å². The van der Waals surface area contributed by atoms with Gasteiger partial charge in [-0.25, -0.2) is 13.1 Å². The van der Waals surface area contributed by atoms with Crippen molar-refractivity contribution in [3.63, 3.8) is 0 Å². The molecule has 1 rings (SSSR count). The summed E-state index contributed by atoms with van der Waals surface area (Å²) < 4.78 is 26.0. The molecule has 1 unspecified atom stereocenters. The number of benzene rings is 1. The zero-order valence-corrected chi connectivity index (χ0v) is 10.6. The van der Waals surface area contributed by atoms with Gasteiger partial charge in [-0.05, 0) is 31.5 Å². The van der Waals surface area contributed by atoms with Crippen LogP contribution >= 0.6 is 11.6 Å². The Morgan fingerprint density at radius 2 is 2.12 bits per heavy atom. The van der Waals surface area contributed by atoms with Crippen molar-refractivity contribution in [2.24, 2.45) is 0 Å². The molecule has 0 saturated carbocycles. The number of rotatable bonds is 4. The van der Waals surface area contributed by atoms with Crippen molar-refractivity contribution in [1.82, 2.24) is 4.72 Å². The molecule has 2 N–H and O–H groups in total. The third-order valence-electron chi connectivity index (χ3n) is 2.01. The van der Waals surface area contributed by atoms with Crippen LogP contribution in [0, 0.1) is 6.92 Å². The number of aryl methyl sites for hydroxylation is 1. The smallest absolute Gasteiger partial charge is 0.242 e. The summed E-state index contributed by atoms with van der Waals surface area (Å²) in [6.45, 7) is 3.13. The monoisotopic (exact) mass is 263 g/mol. The summed E-state index contributed by atoms with van der Waals surface area (Å²) in [5.74, 6) is 0. The van der Waals surface area contributed by atoms with Crippen molar-refractivity contribution in [3.8, 4) is 0 Å². The lowest BCUT2D eigenvalue weighted by molar-refractivity contribution is 0.265. The molecule has 1 atom stereocenters. The van der Waals surface area contributed by atoms with E-state index >= 15 is 0 Å². The maximum Gasteiger partial charge on any atom is 0.242 e. The quantitative estimate of drug-likeness (QED) is 0.861. The first-order valence-electron chi connectivity index (χ1n) is 4.76. The summed E-state index contributed by atoms with van der Waals surface area (Å²) in [4.78, 5) is 0.0278. The SMILES string of the molecule is Cc1ccc(S(=O)(=O)NC(C)CO)c(Cl)c1. The van der Waals surface area contributed by atoms with Gasteiger partial charge in [0.15, 0.2) is 0 Å². The van der Waals surface area contributed by atoms with Crippen LogP contribution in [-0.4, -0.2) is 26.2 Å². The molecule has 1 aromatic rings. The van der Waals surface area contributed by atoms with Gasteiger partial charge in [0.05, 0.1) is 11.6 Å². The molecule has 0 bridgehead atoms. The van der Waals surface area contributed by atoms with E-state index in [2.05, 4.69) is 4.72 Å². The number of aliphatic hydroxyl groups is 1. The van der Waals surface area contributed by atoms with Gasteiger partial charge in [-0.2, -0.15) is 0 Å². The van der Waals surface area contributed by atoms with Gasteiger partial charge in [-0.3, -0.25) is 0 Å². The highest BCUT2D eigenvalue weighted by Gasteiger charge is 2.19. The molecule has 0 radical (unpaired) electrons. The molecule has 0 aliphatic rings. The lowest BCUT2D eigenvalue weighted by Crippen LogP contribution is -2.35. The van der Waals surface area contributed by atoms with Crippen LogP contribution in [0.5, 0.6) is 0 Å². The Bertz CT molecular complexity index is 473. The predicted molar refractivity (Wildman–Crippen MR) is 63.1 cm³/mol. The predicted octanol–water partition coefficient (Wildman–Crippen LogP) is 1.31. The highest BCUT2D eigenvalue weighted by atomic mass is 35.5. The summed E-state index contributed by atoms with van der Waals surface area (Å²) in [5, 5.41) is 8.98. The second-order valence-corrected chi connectivity index (χ2v) is 5.73. The van der Waals surface area contributed by atoms with Gasteiger partial charge < -0.3 is 5.11 Å². The van der Waals surface area contributed by atoms with Crippen LogP contribution < -0.4 is 4.72 Å². The number of sulfonamides is 1. The third kappa shape index (κ3) is 3.18. The zero-order valence-electron chi connectivity index (χ0n) is 9.07. The number of halogens is 1. The number of nitrogens with one attached hydrogen (secondary N) is 1. The molecular weight excluding hydrogens is 250 g/mol. The largest absolute Gasteiger partial charge is 0.395 e. The molecule has 4 nitrogen and oxygen atoms in total. The third-order valence-corrected chi connectivity index (χ3v) is 4.08. The van der Waals surface area contributed by atoms with E-state index in [-0.39, 0.29) is 16.5 Å². The van der Waals surface area contributed by atoms with Gasteiger partial charge in [-0.1, -0.05) is 17.7 Å². The molecule has 0 aromatic heterocycles. The fourth-order valence-corrected chi connectivity index (χ4v) is 3.02. The van der Waals surface area contributed by atoms with Crippen LogP contribution in [0.25, 0.3) is 0 Å². The standard InChI is InChI=1S/C10H14ClNO3S/c1-7-3-4-10(9(11)5-7)16(14,15)12-8(2)6-13/h3-5,8,12-13H,6H2,1-2H3. The highest BCUT2D eigenvalue weighted by Crippen LogP contribution is 2.22. The Labute approximate surface area is 100 Å². The van der Waals surface area contributed by atoms with Crippen LogP contribution in [0.15, 0.2) is 23.1 Å². The molecule has 0 aliphatic carbocycles. The number of aliphatic hydroxyl groups excluding tert-OH is 1. The van der Waals surface area contributed by atoms with Gasteiger partial charge in [0.2, 0.25) is 10.0 Å². The minimum Gasteiger partial charge on any atom is -0.395 e.